The summed E-state index contributed by atoms with van der Waals surface area (Å²) in [5, 5.41) is 12.6. The fraction of sp³-hybridized carbons (Fsp3) is 0.933. The van der Waals surface area contributed by atoms with Crippen molar-refractivity contribution >= 4 is 5.97 Å². The summed E-state index contributed by atoms with van der Waals surface area (Å²) in [6, 6.07) is 0. The maximum atomic E-state index is 11.5. The van der Waals surface area contributed by atoms with Crippen molar-refractivity contribution in [2.75, 3.05) is 26.7 Å². The molecule has 0 saturated heterocycles. The smallest absolute Gasteiger partial charge is 0.323 e. The van der Waals surface area contributed by atoms with E-state index in [-0.39, 0.29) is 0 Å². The van der Waals surface area contributed by atoms with Gasteiger partial charge in [0.25, 0.3) is 0 Å². The summed E-state index contributed by atoms with van der Waals surface area (Å²) in [7, 11) is 2.15. The molecule has 0 amide bonds. The third-order valence-electron chi connectivity index (χ3n) is 4.49. The minimum atomic E-state index is -0.734. The molecule has 112 valence electrons. The monoisotopic (exact) mass is 270 g/mol. The Bertz CT molecular complexity index is 296. The van der Waals surface area contributed by atoms with Crippen molar-refractivity contribution in [1.29, 1.82) is 0 Å². The van der Waals surface area contributed by atoms with E-state index in [1.54, 1.807) is 0 Å². The van der Waals surface area contributed by atoms with Crippen molar-refractivity contribution in [2.45, 2.75) is 52.0 Å². The Morgan fingerprint density at radius 2 is 2.11 bits per heavy atom. The Morgan fingerprint density at radius 1 is 1.47 bits per heavy atom. The van der Waals surface area contributed by atoms with E-state index < -0.39 is 11.5 Å². The second-order valence-electron chi connectivity index (χ2n) is 6.11. The Morgan fingerprint density at radius 3 is 2.53 bits per heavy atom. The van der Waals surface area contributed by atoms with Crippen LogP contribution in [-0.2, 0) is 4.79 Å². The van der Waals surface area contributed by atoms with Crippen LogP contribution in [0.3, 0.4) is 0 Å². The van der Waals surface area contributed by atoms with Crippen molar-refractivity contribution in [3.05, 3.63) is 0 Å². The number of aliphatic carboxylic acids is 1. The minimum absolute atomic E-state index is 0.638. The second kappa shape index (κ2) is 7.25. The molecule has 0 bridgehead atoms. The summed E-state index contributed by atoms with van der Waals surface area (Å²) in [5.74, 6) is 1.04. The maximum Gasteiger partial charge on any atom is 0.323 e. The summed E-state index contributed by atoms with van der Waals surface area (Å²) < 4.78 is 0. The molecule has 1 aliphatic carbocycles. The van der Waals surface area contributed by atoms with Crippen molar-refractivity contribution in [2.24, 2.45) is 11.8 Å². The molecule has 2 N–H and O–H groups in total. The van der Waals surface area contributed by atoms with Crippen LogP contribution < -0.4 is 5.32 Å². The van der Waals surface area contributed by atoms with Gasteiger partial charge >= 0.3 is 5.97 Å². The molecule has 0 aromatic carbocycles. The van der Waals surface area contributed by atoms with E-state index in [0.717, 1.165) is 31.3 Å². The van der Waals surface area contributed by atoms with Crippen LogP contribution in [0, 0.1) is 11.8 Å². The van der Waals surface area contributed by atoms with Crippen LogP contribution in [0.15, 0.2) is 0 Å². The third kappa shape index (κ3) is 4.77. The Kier molecular flexibility index (Phi) is 6.27. The van der Waals surface area contributed by atoms with Gasteiger partial charge < -0.3 is 15.3 Å². The average Bonchev–Trinajstić information content (AvgIpc) is 3.03. The molecule has 0 aromatic heterocycles. The summed E-state index contributed by atoms with van der Waals surface area (Å²) in [6.07, 6.45) is 3.64. The first-order valence-electron chi connectivity index (χ1n) is 7.62. The lowest BCUT2D eigenvalue weighted by Crippen LogP contribution is -2.51. The van der Waals surface area contributed by atoms with E-state index in [1.165, 1.54) is 6.42 Å². The average molecular weight is 270 g/mol. The van der Waals surface area contributed by atoms with E-state index in [2.05, 4.69) is 24.2 Å². The molecule has 4 heteroatoms. The van der Waals surface area contributed by atoms with Gasteiger partial charge in [-0.25, -0.2) is 0 Å². The highest BCUT2D eigenvalue weighted by molar-refractivity contribution is 5.78. The Labute approximate surface area is 117 Å². The van der Waals surface area contributed by atoms with Crippen molar-refractivity contribution < 1.29 is 9.90 Å². The number of carboxylic acids is 1. The lowest BCUT2D eigenvalue weighted by Gasteiger charge is -2.30. The van der Waals surface area contributed by atoms with E-state index in [4.69, 9.17) is 0 Å². The van der Waals surface area contributed by atoms with Crippen LogP contribution >= 0.6 is 0 Å². The van der Waals surface area contributed by atoms with Crippen molar-refractivity contribution in [3.8, 4) is 0 Å². The first kappa shape index (κ1) is 16.4. The Balaban J connectivity index is 2.32. The normalized spacial score (nSPS) is 25.3. The van der Waals surface area contributed by atoms with E-state index in [1.807, 2.05) is 13.8 Å². The molecule has 0 aromatic rings. The highest BCUT2D eigenvalue weighted by Crippen LogP contribution is 2.37. The predicted molar refractivity (Wildman–Crippen MR) is 78.3 cm³/mol. The molecule has 1 rings (SSSR count). The van der Waals surface area contributed by atoms with Gasteiger partial charge in [-0.05, 0) is 57.7 Å². The highest BCUT2D eigenvalue weighted by atomic mass is 16.4. The van der Waals surface area contributed by atoms with Crippen LogP contribution in [0.4, 0.5) is 0 Å². The minimum Gasteiger partial charge on any atom is -0.480 e. The van der Waals surface area contributed by atoms with Gasteiger partial charge in [-0.15, -0.1) is 0 Å². The van der Waals surface area contributed by atoms with Gasteiger partial charge in [0.05, 0.1) is 0 Å². The van der Waals surface area contributed by atoms with Crippen molar-refractivity contribution in [1.82, 2.24) is 10.2 Å². The number of rotatable bonds is 10. The molecule has 19 heavy (non-hydrogen) atoms. The van der Waals surface area contributed by atoms with Gasteiger partial charge in [0, 0.05) is 6.54 Å². The molecule has 0 spiro atoms. The largest absolute Gasteiger partial charge is 0.480 e. The highest BCUT2D eigenvalue weighted by Gasteiger charge is 2.36. The first-order chi connectivity index (χ1) is 8.95. The first-order valence-corrected chi connectivity index (χ1v) is 7.62. The zero-order chi connectivity index (χ0) is 14.5. The summed E-state index contributed by atoms with van der Waals surface area (Å²) in [4.78, 5) is 13.8. The number of hydrogen-bond acceptors (Lipinski definition) is 3. The molecule has 4 nitrogen and oxygen atoms in total. The quantitative estimate of drug-likeness (QED) is 0.639. The van der Waals surface area contributed by atoms with Crippen LogP contribution in [0.1, 0.15) is 46.5 Å². The van der Waals surface area contributed by atoms with Gasteiger partial charge in [0.15, 0.2) is 0 Å². The third-order valence-corrected chi connectivity index (χ3v) is 4.49. The second-order valence-corrected chi connectivity index (χ2v) is 6.11. The lowest BCUT2D eigenvalue weighted by molar-refractivity contribution is -0.145. The molecule has 1 aliphatic rings. The fourth-order valence-corrected chi connectivity index (χ4v) is 2.86. The SMILES string of the molecule is CCNC(CC)(CCCN(C)CC1CC1C)C(=O)O. The van der Waals surface area contributed by atoms with Gasteiger partial charge in [-0.1, -0.05) is 20.8 Å². The van der Waals surface area contributed by atoms with Gasteiger partial charge in [0.1, 0.15) is 5.54 Å². The number of carboxylic acid groups (broad SMARTS) is 1. The lowest BCUT2D eigenvalue weighted by atomic mass is 9.90. The summed E-state index contributed by atoms with van der Waals surface area (Å²) in [5.41, 5.74) is -0.734. The molecule has 3 unspecified atom stereocenters. The van der Waals surface area contributed by atoms with E-state index in [9.17, 15) is 9.90 Å². The maximum absolute atomic E-state index is 11.5. The predicted octanol–water partition coefficient (Wildman–Crippen LogP) is 2.20. The fourth-order valence-electron chi connectivity index (χ4n) is 2.86. The number of nitrogens with zero attached hydrogens (tertiary/aromatic N) is 1. The number of nitrogens with one attached hydrogen (secondary N) is 1. The zero-order valence-corrected chi connectivity index (χ0v) is 12.9. The summed E-state index contributed by atoms with van der Waals surface area (Å²) >= 11 is 0. The van der Waals surface area contributed by atoms with Crippen molar-refractivity contribution in [3.63, 3.8) is 0 Å². The molecule has 3 atom stereocenters. The molecular weight excluding hydrogens is 240 g/mol. The molecule has 0 aliphatic heterocycles. The van der Waals surface area contributed by atoms with Crippen LogP contribution in [-0.4, -0.2) is 48.2 Å². The topological polar surface area (TPSA) is 52.6 Å². The Hall–Kier alpha value is -0.610. The standard InChI is InChI=1S/C15H30N2O2/c1-5-15(14(18)19,16-6-2)8-7-9-17(4)11-13-10-12(13)3/h12-13,16H,5-11H2,1-4H3,(H,18,19). The number of hydrogen-bond donors (Lipinski definition) is 2. The van der Waals surface area contributed by atoms with Crippen LogP contribution in [0.25, 0.3) is 0 Å². The van der Waals surface area contributed by atoms with E-state index in [0.29, 0.717) is 19.4 Å². The molecule has 0 heterocycles. The van der Waals surface area contributed by atoms with Gasteiger partial charge in [0.2, 0.25) is 0 Å². The summed E-state index contributed by atoms with van der Waals surface area (Å²) in [6.45, 7) is 9.07. The van der Waals surface area contributed by atoms with E-state index >= 15 is 0 Å². The molecule has 1 saturated carbocycles. The molecule has 1 fully saturated rings. The van der Waals surface area contributed by atoms with Gasteiger partial charge in [-0.2, -0.15) is 0 Å². The van der Waals surface area contributed by atoms with Gasteiger partial charge in [-0.3, -0.25) is 4.79 Å². The molecule has 0 radical (unpaired) electrons. The van der Waals surface area contributed by atoms with Crippen LogP contribution in [0.2, 0.25) is 0 Å². The number of carbonyl (C=O) groups is 1. The zero-order valence-electron chi connectivity index (χ0n) is 12.9. The number of likely N-dealkylation sites (N-methyl/N-ethyl adjacent to an activating group) is 1. The van der Waals surface area contributed by atoms with Crippen LogP contribution in [0.5, 0.6) is 0 Å². The molecular formula is C15H30N2O2.